The fourth-order valence-electron chi connectivity index (χ4n) is 0.696. The van der Waals surface area contributed by atoms with Gasteiger partial charge < -0.3 is 5.32 Å². The van der Waals surface area contributed by atoms with E-state index in [2.05, 4.69) is 30.4 Å². The van der Waals surface area contributed by atoms with Crippen molar-refractivity contribution in [3.05, 3.63) is 10.5 Å². The summed E-state index contributed by atoms with van der Waals surface area (Å²) >= 11 is 9.07. The summed E-state index contributed by atoms with van der Waals surface area (Å²) in [5.74, 6) is 0. The van der Waals surface area contributed by atoms with Gasteiger partial charge in [0.25, 0.3) is 0 Å². The topological polar surface area (TPSA) is 24.9 Å². The molecule has 0 fully saturated rings. The largest absolute Gasteiger partial charge is 0.360 e. The minimum atomic E-state index is 0.234. The maximum Gasteiger partial charge on any atom is 0.184 e. The van der Waals surface area contributed by atoms with E-state index >= 15 is 0 Å². The Labute approximate surface area is 92.1 Å². The lowest BCUT2D eigenvalue weighted by Crippen LogP contribution is -2.25. The van der Waals surface area contributed by atoms with E-state index in [1.807, 2.05) is 17.1 Å². The molecule has 5 heteroatoms. The molecule has 0 aromatic carbocycles. The molecule has 0 radical (unpaired) electrons. The Morgan fingerprint density at radius 1 is 1.69 bits per heavy atom. The minimum Gasteiger partial charge on any atom is -0.360 e. The minimum absolute atomic E-state index is 0.234. The lowest BCUT2D eigenvalue weighted by atomic mass is 10.2. The van der Waals surface area contributed by atoms with Crippen LogP contribution in [0.15, 0.2) is 5.38 Å². The number of nitrogens with one attached hydrogen (secondary N) is 1. The molecule has 1 aromatic heterocycles. The highest BCUT2D eigenvalue weighted by molar-refractivity contribution is 7.99. The second-order valence-electron chi connectivity index (χ2n) is 3.29. The standard InChI is InChI=1S/C8H13ClN2S2/c1-8(2,12-3)5-10-7-11-6(9)4-13-7/h4H,5H2,1-3H3,(H,10,11). The summed E-state index contributed by atoms with van der Waals surface area (Å²) in [4.78, 5) is 4.11. The van der Waals surface area contributed by atoms with Gasteiger partial charge in [-0.3, -0.25) is 0 Å². The maximum absolute atomic E-state index is 5.70. The molecule has 0 saturated heterocycles. The first-order chi connectivity index (χ1) is 6.03. The third-order valence-corrected chi connectivity index (χ3v) is 4.07. The van der Waals surface area contributed by atoms with E-state index in [9.17, 15) is 0 Å². The molecule has 0 bridgehead atoms. The second kappa shape index (κ2) is 4.53. The van der Waals surface area contributed by atoms with Crippen molar-refractivity contribution < 1.29 is 0 Å². The van der Waals surface area contributed by atoms with Crippen LogP contribution in [0.3, 0.4) is 0 Å². The third-order valence-electron chi connectivity index (χ3n) is 1.69. The Morgan fingerprint density at radius 3 is 2.85 bits per heavy atom. The van der Waals surface area contributed by atoms with Crippen LogP contribution in [0.1, 0.15) is 13.8 Å². The van der Waals surface area contributed by atoms with E-state index in [-0.39, 0.29) is 4.75 Å². The Kier molecular flexibility index (Phi) is 3.88. The predicted molar refractivity (Wildman–Crippen MR) is 63.2 cm³/mol. The SMILES string of the molecule is CSC(C)(C)CNc1nc(Cl)cs1. The lowest BCUT2D eigenvalue weighted by molar-refractivity contribution is 0.752. The van der Waals surface area contributed by atoms with Crippen LogP contribution in [0.5, 0.6) is 0 Å². The molecule has 1 aromatic rings. The van der Waals surface area contributed by atoms with Crippen molar-refractivity contribution in [1.29, 1.82) is 0 Å². The highest BCUT2D eigenvalue weighted by Crippen LogP contribution is 2.24. The van der Waals surface area contributed by atoms with Gasteiger partial charge >= 0.3 is 0 Å². The van der Waals surface area contributed by atoms with Crippen LogP contribution in [0, 0.1) is 0 Å². The van der Waals surface area contributed by atoms with Crippen molar-refractivity contribution in [1.82, 2.24) is 4.98 Å². The highest BCUT2D eigenvalue weighted by Gasteiger charge is 2.15. The van der Waals surface area contributed by atoms with Gasteiger partial charge in [-0.1, -0.05) is 11.6 Å². The van der Waals surface area contributed by atoms with Crippen LogP contribution in [-0.2, 0) is 0 Å². The molecule has 0 saturated carbocycles. The van der Waals surface area contributed by atoms with E-state index in [0.717, 1.165) is 11.7 Å². The van der Waals surface area contributed by atoms with Gasteiger partial charge in [0, 0.05) is 16.7 Å². The smallest absolute Gasteiger partial charge is 0.184 e. The van der Waals surface area contributed by atoms with E-state index in [1.165, 1.54) is 11.3 Å². The van der Waals surface area contributed by atoms with Crippen LogP contribution in [-0.4, -0.2) is 22.5 Å². The van der Waals surface area contributed by atoms with Crippen molar-refractivity contribution >= 4 is 39.8 Å². The van der Waals surface area contributed by atoms with Crippen LogP contribution in [0.4, 0.5) is 5.13 Å². The summed E-state index contributed by atoms with van der Waals surface area (Å²) in [7, 11) is 0. The van der Waals surface area contributed by atoms with Crippen molar-refractivity contribution in [2.24, 2.45) is 0 Å². The predicted octanol–water partition coefficient (Wildman–Crippen LogP) is 3.35. The summed E-state index contributed by atoms with van der Waals surface area (Å²) in [6.07, 6.45) is 2.11. The molecule has 0 amide bonds. The fraction of sp³-hybridized carbons (Fsp3) is 0.625. The fourth-order valence-corrected chi connectivity index (χ4v) is 1.75. The van der Waals surface area contributed by atoms with Crippen LogP contribution >= 0.6 is 34.7 Å². The molecule has 1 heterocycles. The second-order valence-corrected chi connectivity index (χ2v) is 6.05. The van der Waals surface area contributed by atoms with Gasteiger partial charge in [0.15, 0.2) is 5.13 Å². The molecule has 0 unspecified atom stereocenters. The van der Waals surface area contributed by atoms with Gasteiger partial charge in [-0.15, -0.1) is 11.3 Å². The molecule has 0 aliphatic carbocycles. The first-order valence-corrected chi connectivity index (χ1v) is 6.42. The van der Waals surface area contributed by atoms with E-state index in [1.54, 1.807) is 0 Å². The number of hydrogen-bond acceptors (Lipinski definition) is 4. The number of thiazole rings is 1. The van der Waals surface area contributed by atoms with Crippen LogP contribution < -0.4 is 5.32 Å². The Hall–Kier alpha value is 0.0700. The number of aromatic nitrogens is 1. The van der Waals surface area contributed by atoms with E-state index < -0.39 is 0 Å². The molecule has 74 valence electrons. The molecule has 0 spiro atoms. The van der Waals surface area contributed by atoms with E-state index in [0.29, 0.717) is 5.15 Å². The maximum atomic E-state index is 5.70. The zero-order valence-corrected chi connectivity index (χ0v) is 10.3. The van der Waals surface area contributed by atoms with Gasteiger partial charge in [0.1, 0.15) is 5.15 Å². The number of thioether (sulfide) groups is 1. The molecule has 1 N–H and O–H groups in total. The first-order valence-electron chi connectivity index (χ1n) is 3.93. The number of hydrogen-bond donors (Lipinski definition) is 1. The average Bonchev–Trinajstić information content (AvgIpc) is 2.48. The van der Waals surface area contributed by atoms with Crippen LogP contribution in [0.2, 0.25) is 5.15 Å². The number of anilines is 1. The van der Waals surface area contributed by atoms with Crippen molar-refractivity contribution in [3.63, 3.8) is 0 Å². The van der Waals surface area contributed by atoms with Crippen LogP contribution in [0.25, 0.3) is 0 Å². The summed E-state index contributed by atoms with van der Waals surface area (Å²) in [6, 6.07) is 0. The van der Waals surface area contributed by atoms with Gasteiger partial charge in [-0.05, 0) is 20.1 Å². The van der Waals surface area contributed by atoms with Gasteiger partial charge in [0.05, 0.1) is 0 Å². The zero-order valence-electron chi connectivity index (χ0n) is 7.93. The summed E-state index contributed by atoms with van der Waals surface area (Å²) in [5, 5.41) is 6.55. The summed E-state index contributed by atoms with van der Waals surface area (Å²) < 4.78 is 0.234. The lowest BCUT2D eigenvalue weighted by Gasteiger charge is -2.21. The quantitative estimate of drug-likeness (QED) is 0.868. The summed E-state index contributed by atoms with van der Waals surface area (Å²) in [6.45, 7) is 5.29. The molecule has 0 atom stereocenters. The molecular formula is C8H13ClN2S2. The molecule has 1 rings (SSSR count). The number of halogens is 1. The molecule has 13 heavy (non-hydrogen) atoms. The molecular weight excluding hydrogens is 224 g/mol. The molecule has 0 aliphatic rings. The van der Waals surface area contributed by atoms with Crippen molar-refractivity contribution in [2.75, 3.05) is 18.1 Å². The van der Waals surface area contributed by atoms with Gasteiger partial charge in [-0.2, -0.15) is 11.8 Å². The molecule has 2 nitrogen and oxygen atoms in total. The number of rotatable bonds is 4. The normalized spacial score (nSPS) is 11.7. The van der Waals surface area contributed by atoms with Crippen molar-refractivity contribution in [3.8, 4) is 0 Å². The number of nitrogens with zero attached hydrogens (tertiary/aromatic N) is 1. The van der Waals surface area contributed by atoms with E-state index in [4.69, 9.17) is 11.6 Å². The first kappa shape index (κ1) is 11.1. The Balaban J connectivity index is 2.43. The third kappa shape index (κ3) is 3.75. The molecule has 0 aliphatic heterocycles. The Morgan fingerprint density at radius 2 is 2.38 bits per heavy atom. The highest BCUT2D eigenvalue weighted by atomic mass is 35.5. The van der Waals surface area contributed by atoms with Gasteiger partial charge in [0.2, 0.25) is 0 Å². The van der Waals surface area contributed by atoms with Gasteiger partial charge in [-0.25, -0.2) is 4.98 Å². The summed E-state index contributed by atoms with van der Waals surface area (Å²) in [5.41, 5.74) is 0. The Bertz CT molecular complexity index is 273. The zero-order chi connectivity index (χ0) is 9.90. The average molecular weight is 237 g/mol. The van der Waals surface area contributed by atoms with Crippen molar-refractivity contribution in [2.45, 2.75) is 18.6 Å². The monoisotopic (exact) mass is 236 g/mol.